The predicted molar refractivity (Wildman–Crippen MR) is 128 cm³/mol. The van der Waals surface area contributed by atoms with Gasteiger partial charge in [0.2, 0.25) is 5.88 Å². The van der Waals surface area contributed by atoms with Crippen LogP contribution in [0.25, 0.3) is 0 Å². The van der Waals surface area contributed by atoms with Crippen LogP contribution in [-0.2, 0) is 4.79 Å². The fraction of sp³-hybridized carbons (Fsp3) is 0.333. The average Bonchev–Trinajstić information content (AvgIpc) is 3.23. The zero-order valence-electron chi connectivity index (χ0n) is 19.8. The molecule has 7 nitrogen and oxygen atoms in total. The number of ether oxygens (including phenoxy) is 3. The molecule has 3 aromatic rings. The van der Waals surface area contributed by atoms with Crippen molar-refractivity contribution < 1.29 is 23.5 Å². The molecule has 34 heavy (non-hydrogen) atoms. The first-order valence-electron chi connectivity index (χ1n) is 11.5. The van der Waals surface area contributed by atoms with Crippen molar-refractivity contribution in [1.29, 1.82) is 0 Å². The third kappa shape index (κ3) is 3.61. The highest BCUT2D eigenvalue weighted by Gasteiger charge is 2.42. The number of anilines is 1. The van der Waals surface area contributed by atoms with Gasteiger partial charge in [-0.05, 0) is 49.9 Å². The largest absolute Gasteiger partial charge is 0.494 e. The van der Waals surface area contributed by atoms with Crippen LogP contribution in [0.1, 0.15) is 54.0 Å². The molecule has 0 saturated carbocycles. The lowest BCUT2D eigenvalue weighted by molar-refractivity contribution is -0.116. The summed E-state index contributed by atoms with van der Waals surface area (Å²) in [5.41, 5.74) is 5.27. The van der Waals surface area contributed by atoms with Gasteiger partial charge in [0.25, 0.3) is 0 Å². The van der Waals surface area contributed by atoms with E-state index in [9.17, 15) is 4.79 Å². The van der Waals surface area contributed by atoms with Crippen LogP contribution < -0.4 is 19.5 Å². The SMILES string of the molecule is CCOc1ccccc1C1C2=C(CC(c3ccc(OC)c(OC)c3)CC2=O)Nc2onc(C)c21. The van der Waals surface area contributed by atoms with E-state index in [1.165, 1.54) is 0 Å². The van der Waals surface area contributed by atoms with Crippen LogP contribution in [0.2, 0.25) is 0 Å². The Bertz CT molecular complexity index is 1280. The molecule has 0 saturated heterocycles. The van der Waals surface area contributed by atoms with Crippen molar-refractivity contribution >= 4 is 11.7 Å². The highest BCUT2D eigenvalue weighted by molar-refractivity contribution is 6.01. The molecule has 1 aliphatic heterocycles. The second-order valence-electron chi connectivity index (χ2n) is 8.57. The van der Waals surface area contributed by atoms with E-state index in [1.807, 2.05) is 56.3 Å². The fourth-order valence-electron chi connectivity index (χ4n) is 5.13. The Morgan fingerprint density at radius 1 is 1.06 bits per heavy atom. The number of carbonyl (C=O) groups excluding carboxylic acids is 1. The lowest BCUT2D eigenvalue weighted by Crippen LogP contribution is -2.29. The molecular weight excluding hydrogens is 432 g/mol. The van der Waals surface area contributed by atoms with E-state index in [0.29, 0.717) is 36.8 Å². The van der Waals surface area contributed by atoms with E-state index in [-0.39, 0.29) is 17.6 Å². The molecule has 1 N–H and O–H groups in total. The minimum absolute atomic E-state index is 0.00640. The second kappa shape index (κ2) is 8.89. The molecule has 1 aromatic heterocycles. The van der Waals surface area contributed by atoms with Crippen LogP contribution in [0, 0.1) is 6.92 Å². The average molecular weight is 461 g/mol. The number of carbonyl (C=O) groups is 1. The number of aromatic nitrogens is 1. The minimum Gasteiger partial charge on any atom is -0.494 e. The van der Waals surface area contributed by atoms with Gasteiger partial charge in [0.05, 0.1) is 38.0 Å². The van der Waals surface area contributed by atoms with Crippen molar-refractivity contribution in [2.45, 2.75) is 38.5 Å². The third-order valence-corrected chi connectivity index (χ3v) is 6.67. The van der Waals surface area contributed by atoms with Gasteiger partial charge in [0.1, 0.15) is 5.75 Å². The van der Waals surface area contributed by atoms with Gasteiger partial charge in [-0.15, -0.1) is 0 Å². The van der Waals surface area contributed by atoms with Gasteiger partial charge in [-0.1, -0.05) is 29.4 Å². The number of Topliss-reactive ketones (excluding diaryl/α,β-unsaturated/α-hetero) is 1. The van der Waals surface area contributed by atoms with E-state index < -0.39 is 0 Å². The summed E-state index contributed by atoms with van der Waals surface area (Å²) in [5, 5.41) is 7.59. The summed E-state index contributed by atoms with van der Waals surface area (Å²) in [6.07, 6.45) is 1.08. The van der Waals surface area contributed by atoms with Gasteiger partial charge in [0, 0.05) is 23.3 Å². The summed E-state index contributed by atoms with van der Waals surface area (Å²) >= 11 is 0. The Balaban J connectivity index is 1.60. The number of aryl methyl sites for hydroxylation is 1. The first-order chi connectivity index (χ1) is 16.5. The van der Waals surface area contributed by atoms with Crippen molar-refractivity contribution in [3.8, 4) is 17.2 Å². The summed E-state index contributed by atoms with van der Waals surface area (Å²) in [7, 11) is 3.23. The van der Waals surface area contributed by atoms with Crippen molar-refractivity contribution in [2.24, 2.45) is 0 Å². The lowest BCUT2D eigenvalue weighted by atomic mass is 9.72. The fourth-order valence-corrected chi connectivity index (χ4v) is 5.13. The molecule has 2 atom stereocenters. The Labute approximate surface area is 198 Å². The van der Waals surface area contributed by atoms with E-state index in [1.54, 1.807) is 14.2 Å². The van der Waals surface area contributed by atoms with Gasteiger partial charge >= 0.3 is 0 Å². The summed E-state index contributed by atoms with van der Waals surface area (Å²) in [4.78, 5) is 13.7. The number of rotatable bonds is 6. The zero-order chi connectivity index (χ0) is 23.8. The maximum atomic E-state index is 13.7. The van der Waals surface area contributed by atoms with Crippen LogP contribution in [0.3, 0.4) is 0 Å². The van der Waals surface area contributed by atoms with Crippen molar-refractivity contribution in [3.63, 3.8) is 0 Å². The van der Waals surface area contributed by atoms with Crippen LogP contribution in [-0.4, -0.2) is 31.8 Å². The molecule has 0 fully saturated rings. The number of para-hydroxylation sites is 1. The van der Waals surface area contributed by atoms with Crippen molar-refractivity contribution in [3.05, 3.63) is 76.1 Å². The molecule has 5 rings (SSSR count). The van der Waals surface area contributed by atoms with Gasteiger partial charge in [-0.3, -0.25) is 4.79 Å². The molecule has 0 spiro atoms. The van der Waals surface area contributed by atoms with E-state index in [4.69, 9.17) is 18.7 Å². The predicted octanol–water partition coefficient (Wildman–Crippen LogP) is 5.36. The second-order valence-corrected chi connectivity index (χ2v) is 8.57. The molecule has 1 aliphatic carbocycles. The smallest absolute Gasteiger partial charge is 0.233 e. The number of methoxy groups -OCH3 is 2. The summed E-state index contributed by atoms with van der Waals surface area (Å²) < 4.78 is 22.5. The number of benzene rings is 2. The topological polar surface area (TPSA) is 82.8 Å². The molecule has 7 heteroatoms. The number of ketones is 1. The highest BCUT2D eigenvalue weighted by atomic mass is 16.5. The van der Waals surface area contributed by atoms with Gasteiger partial charge in [-0.2, -0.15) is 0 Å². The van der Waals surface area contributed by atoms with Gasteiger partial charge < -0.3 is 24.1 Å². The summed E-state index contributed by atoms with van der Waals surface area (Å²) in [6, 6.07) is 13.7. The molecule has 2 aromatic carbocycles. The first-order valence-corrected chi connectivity index (χ1v) is 11.5. The monoisotopic (exact) mass is 460 g/mol. The molecule has 0 amide bonds. The molecule has 0 radical (unpaired) electrons. The summed E-state index contributed by atoms with van der Waals surface area (Å²) in [6.45, 7) is 4.41. The maximum absolute atomic E-state index is 13.7. The zero-order valence-corrected chi connectivity index (χ0v) is 19.8. The Morgan fingerprint density at radius 3 is 2.62 bits per heavy atom. The molecule has 2 heterocycles. The Kier molecular flexibility index (Phi) is 5.77. The quantitative estimate of drug-likeness (QED) is 0.530. The maximum Gasteiger partial charge on any atom is 0.233 e. The normalized spacial score (nSPS) is 19.2. The van der Waals surface area contributed by atoms with Crippen LogP contribution in [0.15, 0.2) is 58.3 Å². The Morgan fingerprint density at radius 2 is 1.85 bits per heavy atom. The number of hydrogen-bond donors (Lipinski definition) is 1. The molecular formula is C27H28N2O5. The van der Waals surface area contributed by atoms with E-state index in [2.05, 4.69) is 10.5 Å². The molecule has 0 bridgehead atoms. The number of nitrogens with zero attached hydrogens (tertiary/aromatic N) is 1. The minimum atomic E-state index is -0.292. The number of hydrogen-bond acceptors (Lipinski definition) is 7. The first kappa shape index (κ1) is 22.1. The molecule has 2 unspecified atom stereocenters. The summed E-state index contributed by atoms with van der Waals surface area (Å²) in [5.74, 6) is 2.50. The van der Waals surface area contributed by atoms with Crippen LogP contribution in [0.4, 0.5) is 5.88 Å². The Hall–Kier alpha value is -3.74. The van der Waals surface area contributed by atoms with Crippen LogP contribution in [0.5, 0.6) is 17.2 Å². The highest BCUT2D eigenvalue weighted by Crippen LogP contribution is 2.51. The standard InChI is InChI=1S/C27H28N2O5/c1-5-33-21-9-7-6-8-18(21)25-24-15(2)29-34-27(24)28-19-12-17(13-20(30)26(19)25)16-10-11-22(31-3)23(14-16)32-4/h6-11,14,17,25,28H,5,12-13H2,1-4H3. The number of allylic oxidation sites excluding steroid dienone is 2. The van der Waals surface area contributed by atoms with Gasteiger partial charge in [0.15, 0.2) is 17.3 Å². The number of nitrogens with one attached hydrogen (secondary N) is 1. The van der Waals surface area contributed by atoms with Gasteiger partial charge in [-0.25, -0.2) is 0 Å². The third-order valence-electron chi connectivity index (χ3n) is 6.67. The van der Waals surface area contributed by atoms with Crippen molar-refractivity contribution in [2.75, 3.05) is 26.1 Å². The van der Waals surface area contributed by atoms with Crippen LogP contribution >= 0.6 is 0 Å². The number of fused-ring (bicyclic) bond motifs is 1. The molecule has 2 aliphatic rings. The lowest BCUT2D eigenvalue weighted by Gasteiger charge is -2.35. The van der Waals surface area contributed by atoms with Crippen molar-refractivity contribution in [1.82, 2.24) is 5.16 Å². The van der Waals surface area contributed by atoms with E-state index >= 15 is 0 Å². The molecule has 176 valence electrons. The van der Waals surface area contributed by atoms with E-state index in [0.717, 1.165) is 39.4 Å².